The van der Waals surface area contributed by atoms with Gasteiger partial charge in [0, 0.05) is 10.8 Å². The van der Waals surface area contributed by atoms with E-state index in [0.29, 0.717) is 5.75 Å². The van der Waals surface area contributed by atoms with Crippen molar-refractivity contribution in [1.29, 1.82) is 0 Å². The van der Waals surface area contributed by atoms with Crippen LogP contribution in [0.15, 0.2) is 36.4 Å². The zero-order valence-corrected chi connectivity index (χ0v) is 17.8. The van der Waals surface area contributed by atoms with Crippen LogP contribution in [0, 0.1) is 13.8 Å². The summed E-state index contributed by atoms with van der Waals surface area (Å²) in [5, 5.41) is 13.1. The van der Waals surface area contributed by atoms with E-state index >= 15 is 0 Å². The first-order valence-corrected chi connectivity index (χ1v) is 11.0. The molecule has 1 N–H and O–H groups in total. The number of phenols is 1. The summed E-state index contributed by atoms with van der Waals surface area (Å²) in [5.41, 5.74) is 7.99. The molecule has 29 heavy (non-hydrogen) atoms. The van der Waals surface area contributed by atoms with Gasteiger partial charge in [0.1, 0.15) is 11.5 Å². The lowest BCUT2D eigenvalue weighted by Crippen LogP contribution is -2.26. The molecule has 0 radical (unpaired) electrons. The van der Waals surface area contributed by atoms with E-state index in [4.69, 9.17) is 4.74 Å². The fourth-order valence-electron chi connectivity index (χ4n) is 5.89. The minimum atomic E-state index is 0.0383. The van der Waals surface area contributed by atoms with Crippen LogP contribution in [0.1, 0.15) is 67.2 Å². The predicted molar refractivity (Wildman–Crippen MR) is 120 cm³/mol. The van der Waals surface area contributed by atoms with Crippen LogP contribution < -0.4 is 4.74 Å². The summed E-state index contributed by atoms with van der Waals surface area (Å²) in [4.78, 5) is 0. The maximum atomic E-state index is 11.1. The zero-order chi connectivity index (χ0) is 20.2. The van der Waals surface area contributed by atoms with Gasteiger partial charge in [-0.1, -0.05) is 55.9 Å². The standard InChI is InChI=1S/C27H30O2/c1-17-9-10-19-22(13-17)27(11-7-5-4-6-8-12-27)23-16-24(28)20-15-25(29-3)18(2)14-21(20)26(19)23/h9-10,13-16,28H,4-8,11-12H2,1-3H3. The first-order chi connectivity index (χ1) is 14.0. The van der Waals surface area contributed by atoms with Gasteiger partial charge in [-0.2, -0.15) is 0 Å². The molecular formula is C27H30O2. The Kier molecular flexibility index (Phi) is 4.34. The van der Waals surface area contributed by atoms with Crippen LogP contribution in [0.4, 0.5) is 0 Å². The number of phenolic OH excluding ortho intramolecular Hbond substituents is 1. The van der Waals surface area contributed by atoms with E-state index in [1.54, 1.807) is 7.11 Å². The van der Waals surface area contributed by atoms with Gasteiger partial charge < -0.3 is 9.84 Å². The molecule has 1 saturated carbocycles. The number of methoxy groups -OCH3 is 1. The number of hydrogen-bond acceptors (Lipinski definition) is 2. The Morgan fingerprint density at radius 2 is 1.55 bits per heavy atom. The number of benzene rings is 3. The van der Waals surface area contributed by atoms with Gasteiger partial charge in [-0.05, 0) is 78.1 Å². The van der Waals surface area contributed by atoms with Crippen LogP contribution in [0.3, 0.4) is 0 Å². The van der Waals surface area contributed by atoms with Crippen molar-refractivity contribution in [3.63, 3.8) is 0 Å². The van der Waals surface area contributed by atoms with Crippen molar-refractivity contribution in [1.82, 2.24) is 0 Å². The average Bonchev–Trinajstić information content (AvgIpc) is 2.94. The summed E-state index contributed by atoms with van der Waals surface area (Å²) in [5.74, 6) is 1.21. The Bertz CT molecular complexity index is 1100. The molecule has 3 aromatic rings. The second kappa shape index (κ2) is 6.79. The Balaban J connectivity index is 1.87. The molecule has 2 heteroatoms. The Labute approximate surface area is 173 Å². The highest BCUT2D eigenvalue weighted by Crippen LogP contribution is 2.58. The summed E-state index contributed by atoms with van der Waals surface area (Å²) in [7, 11) is 1.69. The number of ether oxygens (including phenoxy) is 1. The highest BCUT2D eigenvalue weighted by Gasteiger charge is 2.44. The molecule has 0 atom stereocenters. The van der Waals surface area contributed by atoms with Gasteiger partial charge in [0.25, 0.3) is 0 Å². The Morgan fingerprint density at radius 3 is 2.28 bits per heavy atom. The van der Waals surface area contributed by atoms with Gasteiger partial charge in [-0.3, -0.25) is 0 Å². The smallest absolute Gasteiger partial charge is 0.123 e. The van der Waals surface area contributed by atoms with E-state index in [1.807, 2.05) is 6.07 Å². The molecule has 1 spiro atoms. The van der Waals surface area contributed by atoms with Crippen molar-refractivity contribution >= 4 is 10.8 Å². The third-order valence-electron chi connectivity index (χ3n) is 7.31. The summed E-state index contributed by atoms with van der Waals surface area (Å²) >= 11 is 0. The topological polar surface area (TPSA) is 29.5 Å². The molecule has 0 unspecified atom stereocenters. The second-order valence-electron chi connectivity index (χ2n) is 9.08. The average molecular weight is 387 g/mol. The lowest BCUT2D eigenvalue weighted by atomic mass is 9.69. The van der Waals surface area contributed by atoms with Gasteiger partial charge in [-0.15, -0.1) is 0 Å². The van der Waals surface area contributed by atoms with Crippen LogP contribution in [0.5, 0.6) is 11.5 Å². The predicted octanol–water partition coefficient (Wildman–Crippen LogP) is 7.18. The fraction of sp³-hybridized carbons (Fsp3) is 0.407. The largest absolute Gasteiger partial charge is 0.507 e. The lowest BCUT2D eigenvalue weighted by Gasteiger charge is -2.34. The monoisotopic (exact) mass is 386 g/mol. The minimum Gasteiger partial charge on any atom is -0.507 e. The first-order valence-electron chi connectivity index (χ1n) is 11.0. The van der Waals surface area contributed by atoms with Crippen LogP contribution in [0.2, 0.25) is 0 Å². The molecule has 0 amide bonds. The molecule has 1 fully saturated rings. The molecule has 2 nitrogen and oxygen atoms in total. The van der Waals surface area contributed by atoms with Crippen molar-refractivity contribution in [3.8, 4) is 22.6 Å². The summed E-state index contributed by atoms with van der Waals surface area (Å²) in [6, 6.07) is 13.2. The first kappa shape index (κ1) is 18.5. The van der Waals surface area contributed by atoms with E-state index < -0.39 is 0 Å². The molecule has 0 aliphatic heterocycles. The van der Waals surface area contributed by atoms with E-state index in [0.717, 1.165) is 22.1 Å². The molecule has 3 aromatic carbocycles. The third-order valence-corrected chi connectivity index (χ3v) is 7.31. The number of hydrogen-bond donors (Lipinski definition) is 1. The third kappa shape index (κ3) is 2.68. The minimum absolute atomic E-state index is 0.0383. The van der Waals surface area contributed by atoms with Crippen molar-refractivity contribution in [3.05, 3.63) is 58.7 Å². The van der Waals surface area contributed by atoms with Crippen LogP contribution in [-0.2, 0) is 5.41 Å². The second-order valence-corrected chi connectivity index (χ2v) is 9.08. The van der Waals surface area contributed by atoms with E-state index in [1.165, 1.54) is 72.8 Å². The fourth-order valence-corrected chi connectivity index (χ4v) is 5.89. The normalized spacial score (nSPS) is 17.6. The number of fused-ring (bicyclic) bond motifs is 7. The number of aromatic hydroxyl groups is 1. The molecule has 0 saturated heterocycles. The van der Waals surface area contributed by atoms with Gasteiger partial charge in [0.05, 0.1) is 7.11 Å². The molecule has 2 aliphatic carbocycles. The Hall–Kier alpha value is -2.48. The van der Waals surface area contributed by atoms with Crippen molar-refractivity contribution in [2.45, 2.75) is 64.2 Å². The van der Waals surface area contributed by atoms with Crippen molar-refractivity contribution in [2.75, 3.05) is 7.11 Å². The van der Waals surface area contributed by atoms with Crippen molar-refractivity contribution in [2.24, 2.45) is 0 Å². The van der Waals surface area contributed by atoms with E-state index in [-0.39, 0.29) is 5.41 Å². The maximum Gasteiger partial charge on any atom is 0.123 e. The number of rotatable bonds is 1. The maximum absolute atomic E-state index is 11.1. The molecule has 5 rings (SSSR count). The summed E-state index contributed by atoms with van der Waals surface area (Å²) < 4.78 is 5.54. The van der Waals surface area contributed by atoms with Gasteiger partial charge in [0.2, 0.25) is 0 Å². The molecule has 150 valence electrons. The lowest BCUT2D eigenvalue weighted by molar-refractivity contribution is 0.372. The van der Waals surface area contributed by atoms with Crippen LogP contribution >= 0.6 is 0 Å². The highest BCUT2D eigenvalue weighted by atomic mass is 16.5. The van der Waals surface area contributed by atoms with Gasteiger partial charge >= 0.3 is 0 Å². The summed E-state index contributed by atoms with van der Waals surface area (Å²) in [6.07, 6.45) is 8.85. The van der Waals surface area contributed by atoms with Crippen LogP contribution in [-0.4, -0.2) is 12.2 Å². The summed E-state index contributed by atoms with van der Waals surface area (Å²) in [6.45, 7) is 4.29. The Morgan fingerprint density at radius 1 is 0.828 bits per heavy atom. The molecule has 0 heterocycles. The molecule has 0 aromatic heterocycles. The zero-order valence-electron chi connectivity index (χ0n) is 17.8. The van der Waals surface area contributed by atoms with Crippen LogP contribution in [0.25, 0.3) is 21.9 Å². The highest BCUT2D eigenvalue weighted by molar-refractivity contribution is 6.06. The van der Waals surface area contributed by atoms with E-state index in [9.17, 15) is 5.11 Å². The van der Waals surface area contributed by atoms with Crippen molar-refractivity contribution < 1.29 is 9.84 Å². The van der Waals surface area contributed by atoms with E-state index in [2.05, 4.69) is 44.2 Å². The number of aryl methyl sites for hydroxylation is 2. The van der Waals surface area contributed by atoms with Gasteiger partial charge in [-0.25, -0.2) is 0 Å². The van der Waals surface area contributed by atoms with Gasteiger partial charge in [0.15, 0.2) is 0 Å². The molecular weight excluding hydrogens is 356 g/mol. The molecule has 0 bridgehead atoms. The SMILES string of the molecule is COc1cc2c(O)cc3c(c2cc1C)-c1ccc(C)cc1C31CCCCCCC1. The quantitative estimate of drug-likeness (QED) is 0.480. The molecule has 2 aliphatic rings.